The number of carbonyl (C=O) groups excluding carboxylic acids is 1. The Labute approximate surface area is 113 Å². The van der Waals surface area contributed by atoms with E-state index in [0.717, 1.165) is 25.1 Å². The van der Waals surface area contributed by atoms with Gasteiger partial charge >= 0.3 is 0 Å². The van der Waals surface area contributed by atoms with Crippen molar-refractivity contribution in [2.75, 3.05) is 31.2 Å². The van der Waals surface area contributed by atoms with Crippen LogP contribution in [0.15, 0.2) is 18.2 Å². The van der Waals surface area contributed by atoms with Gasteiger partial charge in [-0.25, -0.2) is 0 Å². The van der Waals surface area contributed by atoms with Crippen LogP contribution in [0.25, 0.3) is 0 Å². The Kier molecular flexibility index (Phi) is 3.95. The normalized spacial score (nSPS) is 22.2. The molecular formula is C14H21N3O2. The van der Waals surface area contributed by atoms with Gasteiger partial charge in [0.25, 0.3) is 5.91 Å². The van der Waals surface area contributed by atoms with Gasteiger partial charge in [-0.1, -0.05) is 0 Å². The number of benzene rings is 1. The molecule has 1 amide bonds. The van der Waals surface area contributed by atoms with Gasteiger partial charge in [0.2, 0.25) is 0 Å². The summed E-state index contributed by atoms with van der Waals surface area (Å²) in [5.41, 5.74) is 7.59. The van der Waals surface area contributed by atoms with E-state index >= 15 is 0 Å². The molecule has 1 saturated heterocycles. The lowest BCUT2D eigenvalue weighted by Gasteiger charge is -2.24. The molecule has 1 unspecified atom stereocenters. The quantitative estimate of drug-likeness (QED) is 0.721. The van der Waals surface area contributed by atoms with Crippen LogP contribution in [0.4, 0.5) is 11.4 Å². The zero-order chi connectivity index (χ0) is 13.9. The molecule has 5 nitrogen and oxygen atoms in total. The molecule has 0 saturated carbocycles. The van der Waals surface area contributed by atoms with E-state index in [1.165, 1.54) is 0 Å². The molecule has 1 aliphatic heterocycles. The molecule has 1 fully saturated rings. The Hall–Kier alpha value is -1.75. The van der Waals surface area contributed by atoms with Gasteiger partial charge in [0.05, 0.1) is 11.2 Å². The molecule has 1 aromatic rings. The second kappa shape index (κ2) is 5.48. The maximum absolute atomic E-state index is 11.8. The van der Waals surface area contributed by atoms with Crippen LogP contribution in [0.1, 0.15) is 30.1 Å². The average Bonchev–Trinajstić information content (AvgIpc) is 2.83. The first-order valence-corrected chi connectivity index (χ1v) is 6.53. The fourth-order valence-corrected chi connectivity index (χ4v) is 2.30. The Morgan fingerprint density at radius 1 is 1.53 bits per heavy atom. The zero-order valence-corrected chi connectivity index (χ0v) is 11.5. The van der Waals surface area contributed by atoms with Gasteiger partial charge < -0.3 is 21.1 Å². The lowest BCUT2D eigenvalue weighted by Crippen LogP contribution is -2.33. The summed E-state index contributed by atoms with van der Waals surface area (Å²) >= 11 is 0. The summed E-state index contributed by atoms with van der Waals surface area (Å²) in [6.07, 6.45) is 2.11. The molecule has 4 N–H and O–H groups in total. The van der Waals surface area contributed by atoms with Crippen LogP contribution in [-0.4, -0.2) is 31.7 Å². The van der Waals surface area contributed by atoms with Crippen molar-refractivity contribution in [2.45, 2.75) is 25.4 Å². The number of hydrogen-bond donors (Lipinski definition) is 3. The summed E-state index contributed by atoms with van der Waals surface area (Å²) in [6.45, 7) is 3.55. The number of nitrogen functional groups attached to an aromatic ring is 1. The predicted octanol–water partition coefficient (Wildman–Crippen LogP) is 1.61. The number of ether oxygens (including phenoxy) is 1. The molecule has 1 aliphatic rings. The molecule has 0 aliphatic carbocycles. The lowest BCUT2D eigenvalue weighted by atomic mass is 10.0. The second-order valence-corrected chi connectivity index (χ2v) is 5.14. The van der Waals surface area contributed by atoms with Crippen molar-refractivity contribution in [1.29, 1.82) is 0 Å². The highest BCUT2D eigenvalue weighted by molar-refractivity contribution is 6.00. The van der Waals surface area contributed by atoms with Crippen molar-refractivity contribution in [2.24, 2.45) is 0 Å². The molecule has 0 spiro atoms. The average molecular weight is 263 g/mol. The van der Waals surface area contributed by atoms with Crippen LogP contribution >= 0.6 is 0 Å². The molecular weight excluding hydrogens is 242 g/mol. The number of nitrogens with one attached hydrogen (secondary N) is 2. The van der Waals surface area contributed by atoms with Crippen molar-refractivity contribution in [1.82, 2.24) is 5.32 Å². The van der Waals surface area contributed by atoms with E-state index in [1.54, 1.807) is 25.2 Å². The first kappa shape index (κ1) is 13.7. The highest BCUT2D eigenvalue weighted by atomic mass is 16.5. The molecule has 104 valence electrons. The Balaban J connectivity index is 2.14. The van der Waals surface area contributed by atoms with Gasteiger partial charge in [0.1, 0.15) is 0 Å². The van der Waals surface area contributed by atoms with Gasteiger partial charge in [0.15, 0.2) is 0 Å². The minimum Gasteiger partial charge on any atom is -0.399 e. The van der Waals surface area contributed by atoms with Gasteiger partial charge in [0, 0.05) is 31.6 Å². The summed E-state index contributed by atoms with van der Waals surface area (Å²) in [7, 11) is 1.61. The molecule has 1 heterocycles. The fraction of sp³-hybridized carbons (Fsp3) is 0.500. The monoisotopic (exact) mass is 263 g/mol. The standard InChI is InChI=1S/C14H21N3O2/c1-14(6-3-7-19-14)9-17-12-8-10(15)4-5-11(12)13(18)16-2/h4-5,8,17H,3,6-7,9,15H2,1-2H3,(H,16,18). The Morgan fingerprint density at radius 3 is 2.95 bits per heavy atom. The molecule has 0 aromatic heterocycles. The van der Waals surface area contributed by atoms with Gasteiger partial charge in [-0.15, -0.1) is 0 Å². The maximum atomic E-state index is 11.8. The third-order valence-corrected chi connectivity index (χ3v) is 3.47. The van der Waals surface area contributed by atoms with Crippen LogP contribution in [0, 0.1) is 0 Å². The van der Waals surface area contributed by atoms with Crippen LogP contribution in [-0.2, 0) is 4.74 Å². The number of rotatable bonds is 4. The SMILES string of the molecule is CNC(=O)c1ccc(N)cc1NCC1(C)CCCO1. The number of nitrogens with two attached hydrogens (primary N) is 1. The summed E-state index contributed by atoms with van der Waals surface area (Å²) in [6, 6.07) is 5.24. The number of anilines is 2. The Bertz CT molecular complexity index is 468. The molecule has 0 radical (unpaired) electrons. The molecule has 1 atom stereocenters. The maximum Gasteiger partial charge on any atom is 0.253 e. The summed E-state index contributed by atoms with van der Waals surface area (Å²) < 4.78 is 5.72. The fourth-order valence-electron chi connectivity index (χ4n) is 2.30. The van der Waals surface area contributed by atoms with E-state index in [4.69, 9.17) is 10.5 Å². The topological polar surface area (TPSA) is 76.4 Å². The van der Waals surface area contributed by atoms with Crippen molar-refractivity contribution in [3.8, 4) is 0 Å². The molecule has 5 heteroatoms. The van der Waals surface area contributed by atoms with E-state index in [9.17, 15) is 4.79 Å². The van der Waals surface area contributed by atoms with E-state index in [-0.39, 0.29) is 11.5 Å². The van der Waals surface area contributed by atoms with Gasteiger partial charge in [-0.3, -0.25) is 4.79 Å². The zero-order valence-electron chi connectivity index (χ0n) is 11.5. The smallest absolute Gasteiger partial charge is 0.253 e. The largest absolute Gasteiger partial charge is 0.399 e. The third kappa shape index (κ3) is 3.17. The van der Waals surface area contributed by atoms with Gasteiger partial charge in [-0.05, 0) is 38.0 Å². The van der Waals surface area contributed by atoms with Crippen molar-refractivity contribution in [3.63, 3.8) is 0 Å². The summed E-state index contributed by atoms with van der Waals surface area (Å²) in [5.74, 6) is -0.125. The highest BCUT2D eigenvalue weighted by Crippen LogP contribution is 2.27. The second-order valence-electron chi connectivity index (χ2n) is 5.14. The highest BCUT2D eigenvalue weighted by Gasteiger charge is 2.29. The molecule has 0 bridgehead atoms. The van der Waals surface area contributed by atoms with Crippen LogP contribution in [0.2, 0.25) is 0 Å². The summed E-state index contributed by atoms with van der Waals surface area (Å²) in [5, 5.41) is 5.91. The molecule has 1 aromatic carbocycles. The Morgan fingerprint density at radius 2 is 2.32 bits per heavy atom. The number of hydrogen-bond acceptors (Lipinski definition) is 4. The molecule has 2 rings (SSSR count). The minimum absolute atomic E-state index is 0.125. The van der Waals surface area contributed by atoms with Crippen LogP contribution < -0.4 is 16.4 Å². The first-order chi connectivity index (χ1) is 9.04. The minimum atomic E-state index is -0.162. The number of carbonyl (C=O) groups is 1. The number of amides is 1. The van der Waals surface area contributed by atoms with Crippen molar-refractivity contribution < 1.29 is 9.53 Å². The summed E-state index contributed by atoms with van der Waals surface area (Å²) in [4.78, 5) is 11.8. The third-order valence-electron chi connectivity index (χ3n) is 3.47. The van der Waals surface area contributed by atoms with Crippen molar-refractivity contribution >= 4 is 17.3 Å². The van der Waals surface area contributed by atoms with E-state index in [0.29, 0.717) is 17.8 Å². The van der Waals surface area contributed by atoms with Gasteiger partial charge in [-0.2, -0.15) is 0 Å². The van der Waals surface area contributed by atoms with Crippen LogP contribution in [0.5, 0.6) is 0 Å². The van der Waals surface area contributed by atoms with E-state index < -0.39 is 0 Å². The van der Waals surface area contributed by atoms with Crippen LogP contribution in [0.3, 0.4) is 0 Å². The predicted molar refractivity (Wildman–Crippen MR) is 76.3 cm³/mol. The molecule has 19 heavy (non-hydrogen) atoms. The lowest BCUT2D eigenvalue weighted by molar-refractivity contribution is 0.0315. The first-order valence-electron chi connectivity index (χ1n) is 6.53. The van der Waals surface area contributed by atoms with E-state index in [2.05, 4.69) is 17.6 Å². The van der Waals surface area contributed by atoms with E-state index in [1.807, 2.05) is 0 Å². The van der Waals surface area contributed by atoms with Crippen molar-refractivity contribution in [3.05, 3.63) is 23.8 Å².